The topological polar surface area (TPSA) is 20.2 Å². The Balaban J connectivity index is 2.23. The molecule has 0 aromatic heterocycles. The van der Waals surface area contributed by atoms with Gasteiger partial charge < -0.3 is 5.11 Å². The number of allylic oxidation sites excluding steroid dienone is 1. The van der Waals surface area contributed by atoms with Crippen LogP contribution in [0.2, 0.25) is 0 Å². The molecule has 0 bridgehead atoms. The summed E-state index contributed by atoms with van der Waals surface area (Å²) in [5, 5.41) is 10.3. The van der Waals surface area contributed by atoms with Crippen LogP contribution >= 0.6 is 0 Å². The Morgan fingerprint density at radius 3 is 2.67 bits per heavy atom. The van der Waals surface area contributed by atoms with E-state index in [4.69, 9.17) is 0 Å². The normalized spacial score (nSPS) is 18.4. The number of rotatable bonds is 2. The summed E-state index contributed by atoms with van der Waals surface area (Å²) >= 11 is 0. The third-order valence-corrected chi connectivity index (χ3v) is 3.16. The molecule has 2 rings (SSSR count). The summed E-state index contributed by atoms with van der Waals surface area (Å²) in [7, 11) is 0. The number of aliphatic hydroxyl groups is 1. The van der Waals surface area contributed by atoms with Crippen molar-refractivity contribution in [2.45, 2.75) is 38.7 Å². The summed E-state index contributed by atoms with van der Waals surface area (Å²) in [5.74, 6) is 0. The molecule has 0 amide bonds. The van der Waals surface area contributed by atoms with Gasteiger partial charge in [-0.05, 0) is 49.3 Å². The van der Waals surface area contributed by atoms with Gasteiger partial charge in [0.25, 0.3) is 0 Å². The second kappa shape index (κ2) is 4.63. The van der Waals surface area contributed by atoms with Crippen molar-refractivity contribution in [1.29, 1.82) is 0 Å². The molecular weight excluding hydrogens is 184 g/mol. The van der Waals surface area contributed by atoms with Gasteiger partial charge in [-0.2, -0.15) is 0 Å². The first kappa shape index (κ1) is 10.4. The van der Waals surface area contributed by atoms with E-state index in [1.807, 2.05) is 18.2 Å². The number of hydrogen-bond donors (Lipinski definition) is 1. The van der Waals surface area contributed by atoms with Crippen LogP contribution in [0.15, 0.2) is 35.9 Å². The summed E-state index contributed by atoms with van der Waals surface area (Å²) in [6.07, 6.45) is 6.49. The van der Waals surface area contributed by atoms with Crippen LogP contribution in [0, 0.1) is 6.92 Å². The van der Waals surface area contributed by atoms with Gasteiger partial charge >= 0.3 is 0 Å². The Kier molecular flexibility index (Phi) is 3.22. The lowest BCUT2D eigenvalue weighted by Crippen LogP contribution is -2.06. The fourth-order valence-electron chi connectivity index (χ4n) is 2.20. The van der Waals surface area contributed by atoms with E-state index < -0.39 is 0 Å². The number of aliphatic hydroxyl groups excluding tert-OH is 1. The molecule has 0 saturated heterocycles. The number of benzene rings is 1. The Labute approximate surface area is 91.4 Å². The zero-order valence-electron chi connectivity index (χ0n) is 9.24. The van der Waals surface area contributed by atoms with Crippen LogP contribution in [0.25, 0.3) is 0 Å². The van der Waals surface area contributed by atoms with E-state index in [0.29, 0.717) is 0 Å². The summed E-state index contributed by atoms with van der Waals surface area (Å²) in [6, 6.07) is 8.09. The van der Waals surface area contributed by atoms with Crippen molar-refractivity contribution in [2.75, 3.05) is 0 Å². The van der Waals surface area contributed by atoms with Gasteiger partial charge in [0, 0.05) is 0 Å². The van der Waals surface area contributed by atoms with E-state index in [1.165, 1.54) is 24.0 Å². The standard InChI is InChI=1S/C14H18O/c1-11-7-5-6-10-13(11)14(15)12-8-3-2-4-9-12/h5-8,10,14-15H,2-4,9H2,1H3. The highest BCUT2D eigenvalue weighted by Crippen LogP contribution is 2.30. The maximum absolute atomic E-state index is 10.3. The van der Waals surface area contributed by atoms with Gasteiger partial charge in [-0.1, -0.05) is 30.3 Å². The number of aryl methyl sites for hydroxylation is 1. The molecule has 1 nitrogen and oxygen atoms in total. The molecule has 1 N–H and O–H groups in total. The van der Waals surface area contributed by atoms with E-state index >= 15 is 0 Å². The minimum atomic E-state index is -0.383. The lowest BCUT2D eigenvalue weighted by atomic mass is 9.90. The van der Waals surface area contributed by atoms with Crippen LogP contribution < -0.4 is 0 Å². The zero-order chi connectivity index (χ0) is 10.7. The monoisotopic (exact) mass is 202 g/mol. The van der Waals surface area contributed by atoms with Crippen LogP contribution in [0.1, 0.15) is 42.9 Å². The Bertz CT molecular complexity index is 365. The fourth-order valence-corrected chi connectivity index (χ4v) is 2.20. The lowest BCUT2D eigenvalue weighted by Gasteiger charge is -2.20. The van der Waals surface area contributed by atoms with Gasteiger partial charge in [-0.15, -0.1) is 0 Å². The molecular formula is C14H18O. The molecule has 1 aliphatic rings. The molecule has 0 radical (unpaired) electrons. The van der Waals surface area contributed by atoms with Crippen LogP contribution in [0.5, 0.6) is 0 Å². The van der Waals surface area contributed by atoms with Gasteiger partial charge in [0.2, 0.25) is 0 Å². The van der Waals surface area contributed by atoms with Crippen LogP contribution in [-0.4, -0.2) is 5.11 Å². The van der Waals surface area contributed by atoms with Crippen molar-refractivity contribution in [3.8, 4) is 0 Å². The van der Waals surface area contributed by atoms with Gasteiger partial charge in [-0.3, -0.25) is 0 Å². The van der Waals surface area contributed by atoms with Gasteiger partial charge in [-0.25, -0.2) is 0 Å². The second-order valence-corrected chi connectivity index (χ2v) is 4.28. The zero-order valence-corrected chi connectivity index (χ0v) is 9.24. The van der Waals surface area contributed by atoms with Gasteiger partial charge in [0.05, 0.1) is 0 Å². The first-order valence-corrected chi connectivity index (χ1v) is 5.71. The third-order valence-electron chi connectivity index (χ3n) is 3.16. The van der Waals surface area contributed by atoms with Crippen molar-refractivity contribution < 1.29 is 5.11 Å². The summed E-state index contributed by atoms with van der Waals surface area (Å²) in [5.41, 5.74) is 3.44. The van der Waals surface area contributed by atoms with Crippen molar-refractivity contribution in [1.82, 2.24) is 0 Å². The Morgan fingerprint density at radius 1 is 1.20 bits per heavy atom. The highest BCUT2D eigenvalue weighted by molar-refractivity contribution is 5.33. The van der Waals surface area contributed by atoms with Crippen molar-refractivity contribution in [3.63, 3.8) is 0 Å². The molecule has 1 atom stereocenters. The van der Waals surface area contributed by atoms with Gasteiger partial charge in [0.15, 0.2) is 0 Å². The molecule has 0 aliphatic heterocycles. The molecule has 0 saturated carbocycles. The predicted molar refractivity (Wildman–Crippen MR) is 62.7 cm³/mol. The minimum absolute atomic E-state index is 0.383. The average Bonchev–Trinajstić information content (AvgIpc) is 2.30. The largest absolute Gasteiger partial charge is 0.384 e. The van der Waals surface area contributed by atoms with Crippen LogP contribution in [-0.2, 0) is 0 Å². The van der Waals surface area contributed by atoms with Crippen LogP contribution in [0.3, 0.4) is 0 Å². The minimum Gasteiger partial charge on any atom is -0.384 e. The average molecular weight is 202 g/mol. The molecule has 1 aliphatic carbocycles. The first-order chi connectivity index (χ1) is 7.29. The maximum Gasteiger partial charge on any atom is 0.100 e. The third kappa shape index (κ3) is 2.29. The van der Waals surface area contributed by atoms with E-state index in [2.05, 4.69) is 19.1 Å². The summed E-state index contributed by atoms with van der Waals surface area (Å²) in [6.45, 7) is 2.06. The molecule has 80 valence electrons. The van der Waals surface area contributed by atoms with E-state index in [0.717, 1.165) is 18.4 Å². The SMILES string of the molecule is Cc1ccccc1C(O)C1=CCCCC1. The lowest BCUT2D eigenvalue weighted by molar-refractivity contribution is 0.207. The predicted octanol–water partition coefficient (Wildman–Crippen LogP) is 3.53. The van der Waals surface area contributed by atoms with Crippen molar-refractivity contribution >= 4 is 0 Å². The van der Waals surface area contributed by atoms with Crippen molar-refractivity contribution in [2.24, 2.45) is 0 Å². The first-order valence-electron chi connectivity index (χ1n) is 5.71. The van der Waals surface area contributed by atoms with E-state index in [1.54, 1.807) is 0 Å². The smallest absolute Gasteiger partial charge is 0.100 e. The highest BCUT2D eigenvalue weighted by Gasteiger charge is 2.16. The molecule has 0 heterocycles. The van der Waals surface area contributed by atoms with Crippen molar-refractivity contribution in [3.05, 3.63) is 47.0 Å². The molecule has 15 heavy (non-hydrogen) atoms. The molecule has 1 aromatic carbocycles. The molecule has 0 fully saturated rings. The van der Waals surface area contributed by atoms with Crippen LogP contribution in [0.4, 0.5) is 0 Å². The fraction of sp³-hybridized carbons (Fsp3) is 0.429. The Morgan fingerprint density at radius 2 is 2.00 bits per heavy atom. The molecule has 1 aromatic rings. The highest BCUT2D eigenvalue weighted by atomic mass is 16.3. The molecule has 1 heteroatoms. The van der Waals surface area contributed by atoms with Gasteiger partial charge in [0.1, 0.15) is 6.10 Å². The number of hydrogen-bond acceptors (Lipinski definition) is 1. The summed E-state index contributed by atoms with van der Waals surface area (Å²) in [4.78, 5) is 0. The summed E-state index contributed by atoms with van der Waals surface area (Å²) < 4.78 is 0. The maximum atomic E-state index is 10.3. The molecule has 0 spiro atoms. The quantitative estimate of drug-likeness (QED) is 0.727. The Hall–Kier alpha value is -1.08. The van der Waals surface area contributed by atoms with E-state index in [-0.39, 0.29) is 6.10 Å². The van der Waals surface area contributed by atoms with E-state index in [9.17, 15) is 5.11 Å². The second-order valence-electron chi connectivity index (χ2n) is 4.28. The molecule has 1 unspecified atom stereocenters.